The van der Waals surface area contributed by atoms with Crippen LogP contribution in [0.1, 0.15) is 59.8 Å². The van der Waals surface area contributed by atoms with Crippen molar-refractivity contribution >= 4 is 0 Å². The first-order valence-corrected chi connectivity index (χ1v) is 6.64. The fraction of sp³-hybridized carbons (Fsp3) is 1.00. The first-order chi connectivity index (χ1) is 6.90. The smallest absolute Gasteiger partial charge is 0.00982 e. The molecule has 2 rings (SSSR count). The van der Waals surface area contributed by atoms with Gasteiger partial charge in [-0.25, -0.2) is 0 Å². The molecule has 0 radical (unpaired) electrons. The number of nitrogens with one attached hydrogen (secondary N) is 1. The van der Waals surface area contributed by atoms with E-state index in [0.717, 1.165) is 12.0 Å². The quantitative estimate of drug-likeness (QED) is 0.749. The largest absolute Gasteiger partial charge is 0.313 e. The Balaban J connectivity index is 1.80. The Morgan fingerprint density at radius 3 is 2.20 bits per heavy atom. The van der Waals surface area contributed by atoms with Gasteiger partial charge in [0.1, 0.15) is 0 Å². The van der Waals surface area contributed by atoms with Crippen LogP contribution in [0, 0.1) is 16.7 Å². The van der Waals surface area contributed by atoms with Crippen molar-refractivity contribution in [1.82, 2.24) is 5.32 Å². The van der Waals surface area contributed by atoms with E-state index >= 15 is 0 Å². The zero-order chi connectivity index (χ0) is 11.1. The van der Waals surface area contributed by atoms with Crippen molar-refractivity contribution in [1.29, 1.82) is 0 Å². The van der Waals surface area contributed by atoms with Crippen molar-refractivity contribution in [2.75, 3.05) is 6.54 Å². The van der Waals surface area contributed by atoms with E-state index < -0.39 is 0 Å². The average molecular weight is 209 g/mol. The number of rotatable bonds is 3. The van der Waals surface area contributed by atoms with Crippen LogP contribution in [0.25, 0.3) is 0 Å². The van der Waals surface area contributed by atoms with Crippen LogP contribution in [-0.2, 0) is 0 Å². The minimum atomic E-state index is 0.567. The summed E-state index contributed by atoms with van der Waals surface area (Å²) in [5.74, 6) is 0.865. The maximum atomic E-state index is 3.83. The van der Waals surface area contributed by atoms with Crippen LogP contribution in [0.2, 0.25) is 0 Å². The molecule has 0 aliphatic heterocycles. The molecule has 0 aromatic heterocycles. The van der Waals surface area contributed by atoms with Crippen LogP contribution >= 0.6 is 0 Å². The van der Waals surface area contributed by atoms with Gasteiger partial charge in [-0.2, -0.15) is 0 Å². The summed E-state index contributed by atoms with van der Waals surface area (Å²) >= 11 is 0. The van der Waals surface area contributed by atoms with Crippen molar-refractivity contribution in [3.63, 3.8) is 0 Å². The van der Waals surface area contributed by atoms with Crippen molar-refractivity contribution in [3.8, 4) is 0 Å². The zero-order valence-electron chi connectivity index (χ0n) is 10.9. The Morgan fingerprint density at radius 1 is 1.13 bits per heavy atom. The highest BCUT2D eigenvalue weighted by Gasteiger charge is 2.38. The minimum absolute atomic E-state index is 0.567. The lowest BCUT2D eigenvalue weighted by atomic mass is 9.70. The molecule has 0 aromatic carbocycles. The van der Waals surface area contributed by atoms with Crippen LogP contribution in [0.15, 0.2) is 0 Å². The maximum absolute atomic E-state index is 3.83. The zero-order valence-corrected chi connectivity index (χ0v) is 10.9. The summed E-state index contributed by atoms with van der Waals surface area (Å²) in [5.41, 5.74) is 1.20. The molecule has 0 spiro atoms. The third kappa shape index (κ3) is 2.55. The number of hydrogen-bond donors (Lipinski definition) is 1. The Labute approximate surface area is 95.0 Å². The van der Waals surface area contributed by atoms with Gasteiger partial charge in [0, 0.05) is 12.6 Å². The summed E-state index contributed by atoms with van der Waals surface area (Å²) in [7, 11) is 0. The highest BCUT2D eigenvalue weighted by atomic mass is 14.9. The van der Waals surface area contributed by atoms with E-state index in [1.54, 1.807) is 0 Å². The lowest BCUT2D eigenvalue weighted by Crippen LogP contribution is -2.42. The molecule has 2 fully saturated rings. The van der Waals surface area contributed by atoms with E-state index in [1.807, 2.05) is 0 Å². The minimum Gasteiger partial charge on any atom is -0.313 e. The molecule has 0 amide bonds. The second-order valence-corrected chi connectivity index (χ2v) is 7.20. The van der Waals surface area contributed by atoms with E-state index in [-0.39, 0.29) is 0 Å². The van der Waals surface area contributed by atoms with Gasteiger partial charge >= 0.3 is 0 Å². The summed E-state index contributed by atoms with van der Waals surface area (Å²) in [6.45, 7) is 10.9. The van der Waals surface area contributed by atoms with E-state index in [0.29, 0.717) is 10.8 Å². The number of hydrogen-bond acceptors (Lipinski definition) is 1. The molecule has 1 N–H and O–H groups in total. The molecule has 88 valence electrons. The summed E-state index contributed by atoms with van der Waals surface area (Å²) < 4.78 is 0. The topological polar surface area (TPSA) is 12.0 Å². The molecule has 2 atom stereocenters. The summed E-state index contributed by atoms with van der Waals surface area (Å²) in [6.07, 6.45) is 7.07. The van der Waals surface area contributed by atoms with E-state index in [4.69, 9.17) is 0 Å². The summed E-state index contributed by atoms with van der Waals surface area (Å²) in [4.78, 5) is 0. The van der Waals surface area contributed by atoms with Gasteiger partial charge in [0.15, 0.2) is 0 Å². The molecule has 15 heavy (non-hydrogen) atoms. The van der Waals surface area contributed by atoms with Gasteiger partial charge in [-0.3, -0.25) is 0 Å². The predicted molar refractivity (Wildman–Crippen MR) is 65.9 cm³/mol. The van der Waals surface area contributed by atoms with Gasteiger partial charge in [-0.1, -0.05) is 34.1 Å². The first-order valence-electron chi connectivity index (χ1n) is 6.64. The molecule has 2 saturated carbocycles. The SMILES string of the molecule is CC1CC(C)(C)CC1NCC1(C)CCC1. The molecule has 1 heteroatoms. The molecule has 1 nitrogen and oxygen atoms in total. The second kappa shape index (κ2) is 3.76. The Kier molecular flexibility index (Phi) is 2.87. The Hall–Kier alpha value is -0.0400. The third-order valence-corrected chi connectivity index (χ3v) is 4.69. The molecule has 2 unspecified atom stereocenters. The summed E-state index contributed by atoms with van der Waals surface area (Å²) in [6, 6.07) is 0.775. The van der Waals surface area contributed by atoms with Gasteiger partial charge < -0.3 is 5.32 Å². The Bertz CT molecular complexity index is 227. The highest BCUT2D eigenvalue weighted by Crippen LogP contribution is 2.43. The first kappa shape index (κ1) is 11.4. The van der Waals surface area contributed by atoms with Gasteiger partial charge in [0.2, 0.25) is 0 Å². The van der Waals surface area contributed by atoms with Crippen LogP contribution in [0.3, 0.4) is 0 Å². The van der Waals surface area contributed by atoms with Gasteiger partial charge in [0.05, 0.1) is 0 Å². The van der Waals surface area contributed by atoms with E-state index in [1.165, 1.54) is 38.6 Å². The Morgan fingerprint density at radius 2 is 1.80 bits per heavy atom. The molecule has 0 saturated heterocycles. The lowest BCUT2D eigenvalue weighted by Gasteiger charge is -2.40. The molecule has 0 bridgehead atoms. The second-order valence-electron chi connectivity index (χ2n) is 7.20. The van der Waals surface area contributed by atoms with Crippen LogP contribution in [0.4, 0.5) is 0 Å². The van der Waals surface area contributed by atoms with Crippen molar-refractivity contribution in [3.05, 3.63) is 0 Å². The highest BCUT2D eigenvalue weighted by molar-refractivity contribution is 4.93. The maximum Gasteiger partial charge on any atom is 0.00982 e. The molecule has 0 heterocycles. The van der Waals surface area contributed by atoms with E-state index in [9.17, 15) is 0 Å². The molecular formula is C14H27N. The van der Waals surface area contributed by atoms with Crippen molar-refractivity contribution in [2.24, 2.45) is 16.7 Å². The van der Waals surface area contributed by atoms with Crippen LogP contribution < -0.4 is 5.32 Å². The van der Waals surface area contributed by atoms with Crippen molar-refractivity contribution in [2.45, 2.75) is 65.8 Å². The predicted octanol–water partition coefficient (Wildman–Crippen LogP) is 3.59. The van der Waals surface area contributed by atoms with Crippen LogP contribution in [0.5, 0.6) is 0 Å². The van der Waals surface area contributed by atoms with Gasteiger partial charge in [-0.05, 0) is 42.4 Å². The van der Waals surface area contributed by atoms with Crippen LogP contribution in [-0.4, -0.2) is 12.6 Å². The third-order valence-electron chi connectivity index (χ3n) is 4.69. The standard InChI is InChI=1S/C14H27N/c1-11-8-13(2,3)9-12(11)15-10-14(4)6-5-7-14/h11-12,15H,5-10H2,1-4H3. The van der Waals surface area contributed by atoms with Gasteiger partial charge in [0.25, 0.3) is 0 Å². The molecule has 2 aliphatic rings. The van der Waals surface area contributed by atoms with E-state index in [2.05, 4.69) is 33.0 Å². The normalized spacial score (nSPS) is 37.6. The fourth-order valence-electron chi connectivity index (χ4n) is 3.50. The summed E-state index contributed by atoms with van der Waals surface area (Å²) in [5, 5.41) is 3.83. The van der Waals surface area contributed by atoms with Crippen molar-refractivity contribution < 1.29 is 0 Å². The van der Waals surface area contributed by atoms with Gasteiger partial charge in [-0.15, -0.1) is 0 Å². The molecular weight excluding hydrogens is 182 g/mol. The molecule has 0 aromatic rings. The molecule has 2 aliphatic carbocycles. The average Bonchev–Trinajstić information content (AvgIpc) is 2.33. The monoisotopic (exact) mass is 209 g/mol. The fourth-order valence-corrected chi connectivity index (χ4v) is 3.50. The lowest BCUT2D eigenvalue weighted by molar-refractivity contribution is 0.147.